The van der Waals surface area contributed by atoms with E-state index in [1.54, 1.807) is 6.92 Å². The molecular formula is C18H14F4IN3O3. The molecule has 0 spiro atoms. The first-order valence-corrected chi connectivity index (χ1v) is 9.31. The van der Waals surface area contributed by atoms with Gasteiger partial charge in [0.1, 0.15) is 21.0 Å². The molecule has 0 saturated heterocycles. The first-order valence-electron chi connectivity index (χ1n) is 8.23. The van der Waals surface area contributed by atoms with Gasteiger partial charge in [-0.2, -0.15) is 13.2 Å². The molecule has 3 aromatic rings. The normalized spacial score (nSPS) is 11.7. The van der Waals surface area contributed by atoms with E-state index < -0.39 is 31.1 Å². The van der Waals surface area contributed by atoms with Crippen LogP contribution in [0.1, 0.15) is 12.0 Å². The van der Waals surface area contributed by atoms with Crippen LogP contribution in [0, 0.1) is 16.4 Å². The van der Waals surface area contributed by atoms with Crippen LogP contribution in [0.4, 0.5) is 28.0 Å². The van der Waals surface area contributed by atoms with E-state index in [1.807, 2.05) is 22.6 Å². The summed E-state index contributed by atoms with van der Waals surface area (Å²) in [6.45, 7) is 0.891. The summed E-state index contributed by atoms with van der Waals surface area (Å²) in [5.74, 6) is -0.209. The van der Waals surface area contributed by atoms with Gasteiger partial charge in [0.15, 0.2) is 5.65 Å². The van der Waals surface area contributed by atoms with Gasteiger partial charge >= 0.3 is 12.3 Å². The molecule has 2 heterocycles. The topological polar surface area (TPSA) is 67.1 Å². The Morgan fingerprint density at radius 2 is 2.07 bits per heavy atom. The molecule has 2 aromatic heterocycles. The number of aryl methyl sites for hydroxylation is 1. The van der Waals surface area contributed by atoms with Gasteiger partial charge in [-0.3, -0.25) is 9.30 Å². The minimum absolute atomic E-state index is 0.0729. The summed E-state index contributed by atoms with van der Waals surface area (Å²) in [5.41, 5.74) is 0.707. The summed E-state index contributed by atoms with van der Waals surface area (Å²) < 4.78 is 59.3. The fraction of sp³-hybridized carbons (Fsp3) is 0.222. The molecule has 0 radical (unpaired) electrons. The zero-order valence-electron chi connectivity index (χ0n) is 14.9. The number of hydrogen-bond acceptors (Lipinski definition) is 3. The fourth-order valence-corrected chi connectivity index (χ4v) is 3.15. The SMILES string of the molecule is Cc1ccc(F)cc1Oc1cc(N(CCC(F)(F)F)C(=O)O)c2ncc(I)n2c1. The lowest BCUT2D eigenvalue weighted by Crippen LogP contribution is -2.33. The zero-order chi connectivity index (χ0) is 21.3. The Morgan fingerprint density at radius 3 is 2.72 bits per heavy atom. The van der Waals surface area contributed by atoms with Gasteiger partial charge < -0.3 is 9.84 Å². The lowest BCUT2D eigenvalue weighted by Gasteiger charge is -2.21. The summed E-state index contributed by atoms with van der Waals surface area (Å²) in [4.78, 5) is 16.3. The monoisotopic (exact) mass is 523 g/mol. The summed E-state index contributed by atoms with van der Waals surface area (Å²) >= 11 is 1.94. The van der Waals surface area contributed by atoms with E-state index in [2.05, 4.69) is 4.98 Å². The zero-order valence-corrected chi connectivity index (χ0v) is 17.0. The Labute approximate surface area is 175 Å². The maximum absolute atomic E-state index is 13.6. The van der Waals surface area contributed by atoms with Crippen molar-refractivity contribution in [2.45, 2.75) is 19.5 Å². The smallest absolute Gasteiger partial charge is 0.411 e. The molecule has 0 unspecified atom stereocenters. The van der Waals surface area contributed by atoms with Crippen molar-refractivity contribution in [1.29, 1.82) is 0 Å². The molecule has 0 aliphatic rings. The largest absolute Gasteiger partial charge is 0.465 e. The van der Waals surface area contributed by atoms with Crippen molar-refractivity contribution in [3.8, 4) is 11.5 Å². The van der Waals surface area contributed by atoms with Gasteiger partial charge in [-0.15, -0.1) is 0 Å². The number of pyridine rings is 1. The number of amides is 1. The van der Waals surface area contributed by atoms with Crippen LogP contribution < -0.4 is 9.64 Å². The molecular weight excluding hydrogens is 509 g/mol. The number of imidazole rings is 1. The number of aromatic nitrogens is 2. The van der Waals surface area contributed by atoms with E-state index in [4.69, 9.17) is 4.74 Å². The quantitative estimate of drug-likeness (QED) is 0.349. The van der Waals surface area contributed by atoms with Crippen LogP contribution in [0.5, 0.6) is 11.5 Å². The number of fused-ring (bicyclic) bond motifs is 1. The van der Waals surface area contributed by atoms with Gasteiger partial charge in [-0.25, -0.2) is 14.2 Å². The van der Waals surface area contributed by atoms with Gasteiger partial charge in [-0.05, 0) is 41.1 Å². The Balaban J connectivity index is 2.08. The number of ether oxygens (including phenoxy) is 1. The average Bonchev–Trinajstić information content (AvgIpc) is 2.98. The van der Waals surface area contributed by atoms with E-state index in [1.165, 1.54) is 35.0 Å². The summed E-state index contributed by atoms with van der Waals surface area (Å²) in [7, 11) is 0. The van der Waals surface area contributed by atoms with Crippen molar-refractivity contribution in [2.24, 2.45) is 0 Å². The Morgan fingerprint density at radius 1 is 1.34 bits per heavy atom. The van der Waals surface area contributed by atoms with Crippen LogP contribution >= 0.6 is 22.6 Å². The third kappa shape index (κ3) is 4.89. The van der Waals surface area contributed by atoms with Gasteiger partial charge in [-0.1, -0.05) is 6.07 Å². The summed E-state index contributed by atoms with van der Waals surface area (Å²) in [6.07, 6.45) is -4.46. The highest BCUT2D eigenvalue weighted by Crippen LogP contribution is 2.33. The van der Waals surface area contributed by atoms with Crippen molar-refractivity contribution >= 4 is 40.0 Å². The highest BCUT2D eigenvalue weighted by molar-refractivity contribution is 14.1. The van der Waals surface area contributed by atoms with Gasteiger partial charge in [0.2, 0.25) is 0 Å². The van der Waals surface area contributed by atoms with Crippen molar-refractivity contribution < 1.29 is 32.2 Å². The second-order valence-electron chi connectivity index (χ2n) is 6.15. The van der Waals surface area contributed by atoms with Crippen LogP contribution in [0.15, 0.2) is 36.7 Å². The number of benzene rings is 1. The van der Waals surface area contributed by atoms with E-state index in [-0.39, 0.29) is 22.8 Å². The number of nitrogens with zero attached hydrogens (tertiary/aromatic N) is 3. The van der Waals surface area contributed by atoms with Gasteiger partial charge in [0, 0.05) is 18.7 Å². The first-order chi connectivity index (χ1) is 13.5. The summed E-state index contributed by atoms with van der Waals surface area (Å²) in [6, 6.07) is 5.21. The highest BCUT2D eigenvalue weighted by atomic mass is 127. The molecule has 29 heavy (non-hydrogen) atoms. The Kier molecular flexibility index (Phi) is 5.87. The molecule has 6 nitrogen and oxygen atoms in total. The number of hydrogen-bond donors (Lipinski definition) is 1. The van der Waals surface area contributed by atoms with Crippen molar-refractivity contribution in [1.82, 2.24) is 9.38 Å². The predicted molar refractivity (Wildman–Crippen MR) is 105 cm³/mol. The molecule has 0 saturated carbocycles. The van der Waals surface area contributed by atoms with Crippen LogP contribution in [0.3, 0.4) is 0 Å². The van der Waals surface area contributed by atoms with E-state index in [0.29, 0.717) is 14.2 Å². The number of alkyl halides is 3. The van der Waals surface area contributed by atoms with Crippen LogP contribution in [-0.2, 0) is 0 Å². The maximum Gasteiger partial charge on any atom is 0.411 e. The fourth-order valence-electron chi connectivity index (χ4n) is 2.64. The lowest BCUT2D eigenvalue weighted by molar-refractivity contribution is -0.132. The highest BCUT2D eigenvalue weighted by Gasteiger charge is 2.30. The first kappa shape index (κ1) is 21.1. The molecule has 0 bridgehead atoms. The third-order valence-electron chi connectivity index (χ3n) is 4.03. The number of rotatable bonds is 5. The van der Waals surface area contributed by atoms with E-state index in [9.17, 15) is 27.5 Å². The second-order valence-corrected chi connectivity index (χ2v) is 7.25. The van der Waals surface area contributed by atoms with Crippen LogP contribution in [0.25, 0.3) is 5.65 Å². The maximum atomic E-state index is 13.6. The average molecular weight is 523 g/mol. The van der Waals surface area contributed by atoms with E-state index in [0.717, 1.165) is 6.07 Å². The lowest BCUT2D eigenvalue weighted by atomic mass is 10.2. The number of carbonyl (C=O) groups is 1. The molecule has 3 rings (SSSR count). The molecule has 1 N–H and O–H groups in total. The standard InChI is InChI=1S/C18H14F4IN3O3/c1-10-2-3-11(19)6-14(10)29-12-7-13(16-24-8-15(23)26(16)9-12)25(17(27)28)5-4-18(20,21)22/h2-3,6-9H,4-5H2,1H3,(H,27,28). The molecule has 0 aliphatic carbocycles. The number of anilines is 1. The Hall–Kier alpha value is -2.57. The van der Waals surface area contributed by atoms with Crippen molar-refractivity contribution in [3.05, 3.63) is 51.7 Å². The van der Waals surface area contributed by atoms with E-state index >= 15 is 0 Å². The molecule has 0 aliphatic heterocycles. The molecule has 11 heteroatoms. The summed E-state index contributed by atoms with van der Waals surface area (Å²) in [5, 5.41) is 9.48. The Bertz CT molecular complexity index is 1070. The number of carboxylic acid groups (broad SMARTS) is 1. The minimum Gasteiger partial charge on any atom is -0.465 e. The molecule has 0 atom stereocenters. The molecule has 154 valence electrons. The third-order valence-corrected chi connectivity index (χ3v) is 4.83. The minimum atomic E-state index is -4.53. The second kappa shape index (κ2) is 8.05. The molecule has 1 aromatic carbocycles. The van der Waals surface area contributed by atoms with Gasteiger partial charge in [0.05, 0.1) is 24.5 Å². The number of halogens is 5. The van der Waals surface area contributed by atoms with Crippen molar-refractivity contribution in [2.75, 3.05) is 11.4 Å². The van der Waals surface area contributed by atoms with Gasteiger partial charge in [0.25, 0.3) is 0 Å². The van der Waals surface area contributed by atoms with Crippen LogP contribution in [-0.4, -0.2) is 33.3 Å². The van der Waals surface area contributed by atoms with Crippen molar-refractivity contribution in [3.63, 3.8) is 0 Å². The van der Waals surface area contributed by atoms with Crippen LogP contribution in [0.2, 0.25) is 0 Å². The molecule has 1 amide bonds. The molecule has 0 fully saturated rings. The predicted octanol–water partition coefficient (Wildman–Crippen LogP) is 5.62.